The van der Waals surface area contributed by atoms with Gasteiger partial charge in [0.15, 0.2) is 0 Å². The molecule has 0 atom stereocenters. The van der Waals surface area contributed by atoms with E-state index in [1.54, 1.807) is 0 Å². The summed E-state index contributed by atoms with van der Waals surface area (Å²) in [4.78, 5) is 0. The van der Waals surface area contributed by atoms with Gasteiger partial charge in [0, 0.05) is 4.47 Å². The van der Waals surface area contributed by atoms with Crippen molar-refractivity contribution in [3.05, 3.63) is 33.3 Å². The molecule has 0 aliphatic heterocycles. The van der Waals surface area contributed by atoms with Gasteiger partial charge >= 0.3 is 0 Å². The Morgan fingerprint density at radius 3 is 2.29 bits per heavy atom. The highest BCUT2D eigenvalue weighted by Crippen LogP contribution is 2.25. The van der Waals surface area contributed by atoms with Gasteiger partial charge in [-0.1, -0.05) is 54.8 Å². The summed E-state index contributed by atoms with van der Waals surface area (Å²) in [6.07, 6.45) is 4.82. The second-order valence-corrected chi connectivity index (χ2v) is 4.68. The second kappa shape index (κ2) is 5.55. The quantitative estimate of drug-likeness (QED) is 0.733. The first kappa shape index (κ1) is 11.8. The number of halogens is 1. The molecule has 14 heavy (non-hydrogen) atoms. The Kier molecular flexibility index (Phi) is 4.67. The lowest BCUT2D eigenvalue weighted by molar-refractivity contribution is 0.888. The minimum Gasteiger partial charge on any atom is -0.0651 e. The summed E-state index contributed by atoms with van der Waals surface area (Å²) in [6, 6.07) is 4.65. The van der Waals surface area contributed by atoms with E-state index in [0.717, 1.165) is 0 Å². The van der Waals surface area contributed by atoms with Crippen LogP contribution in [-0.4, -0.2) is 0 Å². The third-order valence-electron chi connectivity index (χ3n) is 2.45. The first-order chi connectivity index (χ1) is 6.69. The molecule has 1 heteroatoms. The Morgan fingerprint density at radius 2 is 1.71 bits per heavy atom. The van der Waals surface area contributed by atoms with Crippen molar-refractivity contribution in [3.63, 3.8) is 0 Å². The van der Waals surface area contributed by atoms with Crippen LogP contribution in [0, 0.1) is 6.92 Å². The zero-order valence-electron chi connectivity index (χ0n) is 9.36. The smallest absolute Gasteiger partial charge is 0.0236 e. The van der Waals surface area contributed by atoms with Gasteiger partial charge in [0.1, 0.15) is 0 Å². The number of aryl methyl sites for hydroxylation is 3. The molecule has 0 saturated heterocycles. The normalized spacial score (nSPS) is 10.6. The lowest BCUT2D eigenvalue weighted by atomic mass is 10.0. The van der Waals surface area contributed by atoms with Crippen molar-refractivity contribution in [2.24, 2.45) is 0 Å². The highest BCUT2D eigenvalue weighted by Gasteiger charge is 2.04. The molecular weight excluding hydrogens is 236 g/mol. The first-order valence-corrected chi connectivity index (χ1v) is 6.26. The fraction of sp³-hybridized carbons (Fsp3) is 0.538. The van der Waals surface area contributed by atoms with Crippen LogP contribution >= 0.6 is 15.9 Å². The molecule has 0 aliphatic carbocycles. The Labute approximate surface area is 95.9 Å². The lowest BCUT2D eigenvalue weighted by Crippen LogP contribution is -1.93. The minimum atomic E-state index is 1.18. The van der Waals surface area contributed by atoms with E-state index in [1.165, 1.54) is 46.8 Å². The minimum absolute atomic E-state index is 1.18. The number of hydrogen-bond donors (Lipinski definition) is 0. The molecule has 1 aromatic rings. The van der Waals surface area contributed by atoms with Crippen molar-refractivity contribution in [1.29, 1.82) is 0 Å². The highest BCUT2D eigenvalue weighted by atomic mass is 79.9. The lowest BCUT2D eigenvalue weighted by Gasteiger charge is -2.09. The number of benzene rings is 1. The molecule has 0 spiro atoms. The van der Waals surface area contributed by atoms with Crippen molar-refractivity contribution in [2.75, 3.05) is 0 Å². The van der Waals surface area contributed by atoms with Crippen LogP contribution in [0.15, 0.2) is 16.6 Å². The maximum atomic E-state index is 3.67. The summed E-state index contributed by atoms with van der Waals surface area (Å²) < 4.78 is 1.30. The molecule has 1 rings (SSSR count). The molecule has 0 bridgehead atoms. The topological polar surface area (TPSA) is 0 Å². The largest absolute Gasteiger partial charge is 0.0651 e. The van der Waals surface area contributed by atoms with Gasteiger partial charge in [-0.3, -0.25) is 0 Å². The Bertz CT molecular complexity index is 302. The molecule has 0 aliphatic rings. The number of hydrogen-bond acceptors (Lipinski definition) is 0. The van der Waals surface area contributed by atoms with E-state index in [4.69, 9.17) is 0 Å². The zero-order valence-corrected chi connectivity index (χ0v) is 10.9. The van der Waals surface area contributed by atoms with Crippen LogP contribution in [-0.2, 0) is 12.8 Å². The predicted octanol–water partition coefficient (Wildman–Crippen LogP) is 4.66. The van der Waals surface area contributed by atoms with Crippen molar-refractivity contribution >= 4 is 15.9 Å². The van der Waals surface area contributed by atoms with E-state index in [1.807, 2.05) is 0 Å². The highest BCUT2D eigenvalue weighted by molar-refractivity contribution is 9.10. The molecule has 0 amide bonds. The van der Waals surface area contributed by atoms with Crippen LogP contribution in [0.5, 0.6) is 0 Å². The maximum absolute atomic E-state index is 3.67. The molecule has 0 unspecified atom stereocenters. The summed E-state index contributed by atoms with van der Waals surface area (Å²) in [7, 11) is 0. The Morgan fingerprint density at radius 1 is 1.07 bits per heavy atom. The van der Waals surface area contributed by atoms with Crippen LogP contribution in [0.4, 0.5) is 0 Å². The molecule has 0 heterocycles. The van der Waals surface area contributed by atoms with E-state index in [2.05, 4.69) is 48.8 Å². The van der Waals surface area contributed by atoms with Crippen molar-refractivity contribution in [3.8, 4) is 0 Å². The zero-order chi connectivity index (χ0) is 10.6. The van der Waals surface area contributed by atoms with Crippen LogP contribution in [0.25, 0.3) is 0 Å². The molecule has 1 aromatic carbocycles. The fourth-order valence-corrected chi connectivity index (χ4v) is 2.23. The van der Waals surface area contributed by atoms with Crippen molar-refractivity contribution < 1.29 is 0 Å². The molecule has 78 valence electrons. The van der Waals surface area contributed by atoms with Gasteiger partial charge in [0.25, 0.3) is 0 Å². The van der Waals surface area contributed by atoms with Gasteiger partial charge in [-0.15, -0.1) is 0 Å². The maximum Gasteiger partial charge on any atom is 0.0236 e. The third kappa shape index (κ3) is 2.84. The van der Waals surface area contributed by atoms with Gasteiger partial charge < -0.3 is 0 Å². The molecular formula is C13H19Br. The van der Waals surface area contributed by atoms with Crippen LogP contribution in [0.1, 0.15) is 43.4 Å². The Balaban J connectivity index is 3.01. The third-order valence-corrected chi connectivity index (χ3v) is 3.58. The SMILES string of the molecule is CCCc1cc(C)c(Br)c(CCC)c1. The summed E-state index contributed by atoms with van der Waals surface area (Å²) in [5.41, 5.74) is 4.33. The summed E-state index contributed by atoms with van der Waals surface area (Å²) in [6.45, 7) is 6.65. The van der Waals surface area contributed by atoms with Gasteiger partial charge in [0.2, 0.25) is 0 Å². The van der Waals surface area contributed by atoms with E-state index in [-0.39, 0.29) is 0 Å². The van der Waals surface area contributed by atoms with Crippen molar-refractivity contribution in [2.45, 2.75) is 46.5 Å². The molecule has 0 fully saturated rings. The standard InChI is InChI=1S/C13H19Br/c1-4-6-11-8-10(3)13(14)12(9-11)7-5-2/h8-9H,4-7H2,1-3H3. The number of rotatable bonds is 4. The second-order valence-electron chi connectivity index (χ2n) is 3.89. The average Bonchev–Trinajstić information content (AvgIpc) is 2.14. The molecule has 0 saturated carbocycles. The predicted molar refractivity (Wildman–Crippen MR) is 66.9 cm³/mol. The van der Waals surface area contributed by atoms with Crippen LogP contribution in [0.2, 0.25) is 0 Å². The Hall–Kier alpha value is -0.300. The fourth-order valence-electron chi connectivity index (χ4n) is 1.81. The van der Waals surface area contributed by atoms with E-state index in [0.29, 0.717) is 0 Å². The molecule has 0 radical (unpaired) electrons. The van der Waals surface area contributed by atoms with Gasteiger partial charge in [-0.2, -0.15) is 0 Å². The molecule has 0 N–H and O–H groups in total. The van der Waals surface area contributed by atoms with Gasteiger partial charge in [-0.05, 0) is 36.5 Å². The first-order valence-electron chi connectivity index (χ1n) is 5.47. The monoisotopic (exact) mass is 254 g/mol. The van der Waals surface area contributed by atoms with Crippen LogP contribution < -0.4 is 0 Å². The van der Waals surface area contributed by atoms with Crippen LogP contribution in [0.3, 0.4) is 0 Å². The van der Waals surface area contributed by atoms with Gasteiger partial charge in [-0.25, -0.2) is 0 Å². The summed E-state index contributed by atoms with van der Waals surface area (Å²) >= 11 is 3.67. The summed E-state index contributed by atoms with van der Waals surface area (Å²) in [5, 5.41) is 0. The average molecular weight is 255 g/mol. The molecule has 0 aromatic heterocycles. The van der Waals surface area contributed by atoms with Gasteiger partial charge in [0.05, 0.1) is 0 Å². The molecule has 0 nitrogen and oxygen atoms in total. The van der Waals surface area contributed by atoms with Crippen molar-refractivity contribution in [1.82, 2.24) is 0 Å². The van der Waals surface area contributed by atoms with E-state index < -0.39 is 0 Å². The summed E-state index contributed by atoms with van der Waals surface area (Å²) in [5.74, 6) is 0. The van der Waals surface area contributed by atoms with E-state index >= 15 is 0 Å². The van der Waals surface area contributed by atoms with E-state index in [9.17, 15) is 0 Å².